The smallest absolute Gasteiger partial charge is 0.0903 e. The van der Waals surface area contributed by atoms with Gasteiger partial charge in [-0.25, -0.2) is 0 Å². The normalized spacial score (nSPS) is 35.4. The lowest BCUT2D eigenvalue weighted by Crippen LogP contribution is -2.61. The van der Waals surface area contributed by atoms with E-state index < -0.39 is 22.3 Å². The first-order valence-electron chi connectivity index (χ1n) is 4.90. The van der Waals surface area contributed by atoms with Gasteiger partial charge in [0.25, 0.3) is 0 Å². The summed E-state index contributed by atoms with van der Waals surface area (Å²) < 4.78 is 0. The van der Waals surface area contributed by atoms with Crippen molar-refractivity contribution in [1.29, 1.82) is 0 Å². The molecule has 1 aliphatic rings. The number of nitrogens with zero attached hydrogens (tertiary/aromatic N) is 1. The number of likely N-dealkylation sites (tertiary alicyclic amines) is 1. The van der Waals surface area contributed by atoms with Gasteiger partial charge in [0, 0.05) is 5.54 Å². The first kappa shape index (κ1) is 13.4. The largest absolute Gasteiger partial charge is 0.317 e. The van der Waals surface area contributed by atoms with Crippen molar-refractivity contribution < 1.29 is 0 Å². The summed E-state index contributed by atoms with van der Waals surface area (Å²) >= 11 is 0. The molecule has 2 unspecified atom stereocenters. The maximum atomic E-state index is 5.96. The third-order valence-electron chi connectivity index (χ3n) is 3.03. The Hall–Kier alpha value is 0.350. The van der Waals surface area contributed by atoms with E-state index >= 15 is 0 Å². The van der Waals surface area contributed by atoms with Gasteiger partial charge in [-0.3, -0.25) is 0 Å². The molecule has 0 aromatic carbocycles. The van der Waals surface area contributed by atoms with Crippen LogP contribution in [0, 0.1) is 0 Å². The maximum absolute atomic E-state index is 5.96. The summed E-state index contributed by atoms with van der Waals surface area (Å²) in [6.07, 6.45) is 0. The summed E-state index contributed by atoms with van der Waals surface area (Å²) in [5.74, 6) is -1.23. The standard InChI is InChI=1S/C8H11B6N/c1-6(2,3)15-5(10)4(9)7(11,12)8(15,13)14/h4-5H,1-3H3. The van der Waals surface area contributed by atoms with Crippen LogP contribution in [0.4, 0.5) is 0 Å². The van der Waals surface area contributed by atoms with Gasteiger partial charge in [-0.15, -0.1) is 5.21 Å². The van der Waals surface area contributed by atoms with Gasteiger partial charge in [0.05, 0.1) is 47.1 Å². The minimum Gasteiger partial charge on any atom is -0.317 e. The Balaban J connectivity index is 3.21. The van der Waals surface area contributed by atoms with Crippen molar-refractivity contribution in [2.45, 2.75) is 48.6 Å². The van der Waals surface area contributed by atoms with Gasteiger partial charge in [0.2, 0.25) is 0 Å². The third-order valence-corrected chi connectivity index (χ3v) is 3.03. The molecular formula is C8H11B6N. The molecule has 7 heteroatoms. The summed E-state index contributed by atoms with van der Waals surface area (Å²) in [7, 11) is 35.4. The highest BCUT2D eigenvalue weighted by Gasteiger charge is 2.54. The van der Waals surface area contributed by atoms with Crippen LogP contribution in [-0.2, 0) is 0 Å². The number of rotatable bonds is 0. The molecule has 1 aliphatic heterocycles. The summed E-state index contributed by atoms with van der Waals surface area (Å²) in [5.41, 5.74) is -0.360. The van der Waals surface area contributed by atoms with Gasteiger partial charge < -0.3 is 4.90 Å². The molecule has 0 aromatic rings. The number of hydrogen-bond donors (Lipinski definition) is 0. The molecule has 2 atom stereocenters. The monoisotopic (exact) mass is 187 g/mol. The van der Waals surface area contributed by atoms with Crippen molar-refractivity contribution in [2.75, 3.05) is 0 Å². The lowest BCUT2D eigenvalue weighted by molar-refractivity contribution is 0.120. The molecule has 0 aromatic heterocycles. The van der Waals surface area contributed by atoms with Crippen LogP contribution in [0.5, 0.6) is 0 Å². The topological polar surface area (TPSA) is 3.24 Å². The van der Waals surface area contributed by atoms with E-state index in [1.54, 1.807) is 4.90 Å². The highest BCUT2D eigenvalue weighted by Crippen LogP contribution is 2.54. The van der Waals surface area contributed by atoms with Crippen LogP contribution in [0.2, 0.25) is 11.0 Å². The quantitative estimate of drug-likeness (QED) is 0.438. The Morgan fingerprint density at radius 2 is 1.40 bits per heavy atom. The second kappa shape index (κ2) is 3.42. The Kier molecular flexibility index (Phi) is 3.06. The second-order valence-corrected chi connectivity index (χ2v) is 5.32. The zero-order chi connectivity index (χ0) is 12.2. The molecule has 1 rings (SSSR count). The summed E-state index contributed by atoms with van der Waals surface area (Å²) in [6.45, 7) is 5.78. The fourth-order valence-corrected chi connectivity index (χ4v) is 2.17. The van der Waals surface area contributed by atoms with E-state index in [2.05, 4.69) is 0 Å². The fraction of sp³-hybridized carbons (Fsp3) is 1.00. The van der Waals surface area contributed by atoms with Crippen LogP contribution >= 0.6 is 0 Å². The van der Waals surface area contributed by atoms with Crippen molar-refractivity contribution in [3.05, 3.63) is 0 Å². The predicted octanol–water partition coefficient (Wildman–Crippen LogP) is -1.00. The summed E-state index contributed by atoms with van der Waals surface area (Å²) in [5, 5.41) is -2.84. The van der Waals surface area contributed by atoms with E-state index in [1.165, 1.54) is 0 Å². The first-order chi connectivity index (χ1) is 6.44. The molecule has 1 saturated heterocycles. The minimum absolute atomic E-state index is 0.360. The van der Waals surface area contributed by atoms with E-state index in [-0.39, 0.29) is 5.54 Å². The lowest BCUT2D eigenvalue weighted by Gasteiger charge is -2.51. The molecule has 1 nitrogen and oxygen atoms in total. The first-order valence-corrected chi connectivity index (χ1v) is 4.90. The van der Waals surface area contributed by atoms with Crippen LogP contribution in [0.3, 0.4) is 0 Å². The van der Waals surface area contributed by atoms with Gasteiger partial charge >= 0.3 is 0 Å². The average molecular weight is 186 g/mol. The maximum Gasteiger partial charge on any atom is 0.0903 e. The highest BCUT2D eigenvalue weighted by molar-refractivity contribution is 6.57. The van der Waals surface area contributed by atoms with Crippen molar-refractivity contribution in [1.82, 2.24) is 4.90 Å². The van der Waals surface area contributed by atoms with Crippen LogP contribution in [0.25, 0.3) is 0 Å². The molecule has 1 heterocycles. The van der Waals surface area contributed by atoms with Crippen molar-refractivity contribution in [3.8, 4) is 0 Å². The summed E-state index contributed by atoms with van der Waals surface area (Å²) in [4.78, 5) is 1.66. The molecule has 0 amide bonds. The van der Waals surface area contributed by atoms with E-state index in [0.29, 0.717) is 0 Å². The van der Waals surface area contributed by atoms with Crippen molar-refractivity contribution in [2.24, 2.45) is 0 Å². The average Bonchev–Trinajstić information content (AvgIpc) is 2.08. The second-order valence-electron chi connectivity index (χ2n) is 5.32. The molecule has 15 heavy (non-hydrogen) atoms. The van der Waals surface area contributed by atoms with Crippen LogP contribution in [0.15, 0.2) is 0 Å². The van der Waals surface area contributed by atoms with Crippen LogP contribution in [0.1, 0.15) is 20.8 Å². The third kappa shape index (κ3) is 1.75. The number of hydrogen-bond acceptors (Lipinski definition) is 1. The van der Waals surface area contributed by atoms with Gasteiger partial charge in [-0.05, 0) is 26.7 Å². The molecular weight excluding hydrogens is 175 g/mol. The summed E-state index contributed by atoms with van der Waals surface area (Å²) in [6, 6.07) is 0. The molecule has 0 N–H and O–H groups in total. The van der Waals surface area contributed by atoms with Crippen LogP contribution < -0.4 is 0 Å². The van der Waals surface area contributed by atoms with Gasteiger partial charge in [0.1, 0.15) is 0 Å². The van der Waals surface area contributed by atoms with Gasteiger partial charge in [0.15, 0.2) is 0 Å². The Labute approximate surface area is 101 Å². The molecule has 0 saturated carbocycles. The Morgan fingerprint density at radius 3 is 1.53 bits per heavy atom. The van der Waals surface area contributed by atoms with E-state index in [9.17, 15) is 0 Å². The van der Waals surface area contributed by atoms with Gasteiger partial charge in [-0.1, -0.05) is 11.2 Å². The van der Waals surface area contributed by atoms with E-state index in [1.807, 2.05) is 20.8 Å². The van der Waals surface area contributed by atoms with E-state index in [4.69, 9.17) is 47.1 Å². The van der Waals surface area contributed by atoms with E-state index in [0.717, 1.165) is 0 Å². The molecule has 0 bridgehead atoms. The van der Waals surface area contributed by atoms with Crippen molar-refractivity contribution >= 4 is 47.1 Å². The van der Waals surface area contributed by atoms with Crippen molar-refractivity contribution in [3.63, 3.8) is 0 Å². The van der Waals surface area contributed by atoms with Gasteiger partial charge in [-0.2, -0.15) is 0 Å². The molecule has 0 spiro atoms. The Morgan fingerprint density at radius 1 is 1.00 bits per heavy atom. The SMILES string of the molecule is [B]C1C([B])C([B])([B])C([B])([B])N1C(C)(C)C. The highest BCUT2D eigenvalue weighted by atomic mass is 15.3. The molecule has 0 aliphatic carbocycles. The zero-order valence-electron chi connectivity index (χ0n) is 9.57. The predicted molar refractivity (Wildman–Crippen MR) is 69.1 cm³/mol. The molecule has 12 radical (unpaired) electrons. The zero-order valence-corrected chi connectivity index (χ0v) is 9.57. The molecule has 1 fully saturated rings. The fourth-order valence-electron chi connectivity index (χ4n) is 2.17. The Bertz CT molecular complexity index is 258. The molecule has 66 valence electrons. The van der Waals surface area contributed by atoms with Crippen LogP contribution in [-0.4, -0.2) is 68.8 Å². The lowest BCUT2D eigenvalue weighted by atomic mass is 9.29. The minimum atomic E-state index is -1.43.